The monoisotopic (exact) mass is 352 g/mol. The molecule has 0 unspecified atom stereocenters. The van der Waals surface area contributed by atoms with Crippen LogP contribution in [0.1, 0.15) is 12.1 Å². The highest BCUT2D eigenvalue weighted by molar-refractivity contribution is 7.19. The molecule has 3 heterocycles. The van der Waals surface area contributed by atoms with Gasteiger partial charge in [-0.05, 0) is 31.0 Å². The number of amides is 1. The SMILES string of the molecule is Cc1n[nH]c2ccc(-c3cnc(NC(=O)[C@H]4CCN(C#N)C4)s3)cc12. The number of rotatable bonds is 3. The standard InChI is InChI=1S/C17H16N6OS/c1-10-13-6-11(2-3-14(13)22-21-10)15-7-19-17(25-15)20-16(24)12-4-5-23(8-12)9-18/h2-3,6-7,12H,4-5,8H2,1H3,(H,21,22)(H,19,20,24)/t12-/m0/s1. The minimum Gasteiger partial charge on any atom is -0.310 e. The number of nitriles is 1. The average molecular weight is 352 g/mol. The molecule has 0 aliphatic carbocycles. The summed E-state index contributed by atoms with van der Waals surface area (Å²) in [6, 6.07) is 6.09. The van der Waals surface area contributed by atoms with Crippen molar-refractivity contribution in [2.24, 2.45) is 5.92 Å². The van der Waals surface area contributed by atoms with Gasteiger partial charge in [-0.15, -0.1) is 0 Å². The Morgan fingerprint density at radius 3 is 3.20 bits per heavy atom. The Hall–Kier alpha value is -2.92. The first-order valence-electron chi connectivity index (χ1n) is 8.00. The van der Waals surface area contributed by atoms with Gasteiger partial charge in [0.2, 0.25) is 5.91 Å². The van der Waals surface area contributed by atoms with Gasteiger partial charge in [-0.3, -0.25) is 9.89 Å². The van der Waals surface area contributed by atoms with E-state index in [-0.39, 0.29) is 11.8 Å². The molecule has 0 saturated carbocycles. The van der Waals surface area contributed by atoms with E-state index >= 15 is 0 Å². The molecule has 1 atom stereocenters. The summed E-state index contributed by atoms with van der Waals surface area (Å²) in [4.78, 5) is 19.2. The minimum absolute atomic E-state index is 0.0696. The first-order chi connectivity index (χ1) is 12.1. The van der Waals surface area contributed by atoms with Crippen LogP contribution >= 0.6 is 11.3 Å². The molecule has 1 aromatic carbocycles. The van der Waals surface area contributed by atoms with E-state index in [2.05, 4.69) is 32.8 Å². The zero-order valence-electron chi connectivity index (χ0n) is 13.6. The Kier molecular flexibility index (Phi) is 3.86. The Bertz CT molecular complexity index is 985. The number of nitrogens with one attached hydrogen (secondary N) is 2. The summed E-state index contributed by atoms with van der Waals surface area (Å²) in [6.45, 7) is 3.09. The van der Waals surface area contributed by atoms with Crippen LogP contribution in [0.5, 0.6) is 0 Å². The van der Waals surface area contributed by atoms with Crippen molar-refractivity contribution in [3.8, 4) is 16.6 Å². The van der Waals surface area contributed by atoms with Gasteiger partial charge < -0.3 is 10.2 Å². The van der Waals surface area contributed by atoms with Crippen molar-refractivity contribution in [2.45, 2.75) is 13.3 Å². The van der Waals surface area contributed by atoms with Crippen LogP contribution in [0.2, 0.25) is 0 Å². The van der Waals surface area contributed by atoms with Gasteiger partial charge in [-0.25, -0.2) is 4.98 Å². The Labute approximate surface area is 148 Å². The zero-order valence-corrected chi connectivity index (χ0v) is 14.4. The van der Waals surface area contributed by atoms with Crippen LogP contribution in [0, 0.1) is 24.3 Å². The van der Waals surface area contributed by atoms with Gasteiger partial charge in [0.05, 0.1) is 22.0 Å². The van der Waals surface area contributed by atoms with E-state index in [4.69, 9.17) is 5.26 Å². The van der Waals surface area contributed by atoms with Crippen LogP contribution in [0.25, 0.3) is 21.3 Å². The van der Waals surface area contributed by atoms with Crippen molar-refractivity contribution >= 4 is 33.3 Å². The molecule has 0 bridgehead atoms. The highest BCUT2D eigenvalue weighted by Crippen LogP contribution is 2.32. The smallest absolute Gasteiger partial charge is 0.231 e. The summed E-state index contributed by atoms with van der Waals surface area (Å²) < 4.78 is 0. The van der Waals surface area contributed by atoms with Crippen molar-refractivity contribution in [3.63, 3.8) is 0 Å². The number of thiazole rings is 1. The maximum absolute atomic E-state index is 12.3. The number of benzene rings is 1. The molecule has 0 spiro atoms. The molecule has 25 heavy (non-hydrogen) atoms. The third-order valence-electron chi connectivity index (χ3n) is 4.47. The number of hydrogen-bond donors (Lipinski definition) is 2. The van der Waals surface area contributed by atoms with Crippen LogP contribution in [0.4, 0.5) is 5.13 Å². The molecule has 2 aromatic heterocycles. The number of carbonyl (C=O) groups is 1. The van der Waals surface area contributed by atoms with E-state index in [0.717, 1.165) is 27.0 Å². The lowest BCUT2D eigenvalue weighted by atomic mass is 10.1. The first-order valence-corrected chi connectivity index (χ1v) is 8.82. The predicted molar refractivity (Wildman–Crippen MR) is 95.9 cm³/mol. The van der Waals surface area contributed by atoms with E-state index < -0.39 is 0 Å². The normalized spacial score (nSPS) is 17.0. The fourth-order valence-electron chi connectivity index (χ4n) is 3.04. The zero-order chi connectivity index (χ0) is 17.4. The molecular weight excluding hydrogens is 336 g/mol. The van der Waals surface area contributed by atoms with Gasteiger partial charge >= 0.3 is 0 Å². The van der Waals surface area contributed by atoms with E-state index in [0.29, 0.717) is 24.6 Å². The lowest BCUT2D eigenvalue weighted by Crippen LogP contribution is -2.25. The maximum Gasteiger partial charge on any atom is 0.231 e. The molecule has 3 aromatic rings. The summed E-state index contributed by atoms with van der Waals surface area (Å²) in [5.41, 5.74) is 3.01. The molecule has 4 rings (SSSR count). The Balaban J connectivity index is 1.50. The summed E-state index contributed by atoms with van der Waals surface area (Å²) in [5, 5.41) is 20.6. The fraction of sp³-hybridized carbons (Fsp3) is 0.294. The molecule has 126 valence electrons. The molecule has 8 heteroatoms. The molecule has 2 N–H and O–H groups in total. The van der Waals surface area contributed by atoms with Crippen LogP contribution in [0.15, 0.2) is 24.4 Å². The van der Waals surface area contributed by atoms with Gasteiger partial charge in [-0.2, -0.15) is 10.4 Å². The third-order valence-corrected chi connectivity index (χ3v) is 5.44. The molecular formula is C17H16N6OS. The largest absolute Gasteiger partial charge is 0.310 e. The average Bonchev–Trinajstić information content (AvgIpc) is 3.35. The second-order valence-corrected chi connectivity index (χ2v) is 7.15. The third kappa shape index (κ3) is 2.94. The topological polar surface area (TPSA) is 97.7 Å². The molecule has 1 aliphatic heterocycles. The fourth-order valence-corrected chi connectivity index (χ4v) is 3.85. The Morgan fingerprint density at radius 1 is 1.52 bits per heavy atom. The highest BCUT2D eigenvalue weighted by Gasteiger charge is 2.28. The van der Waals surface area contributed by atoms with Crippen LogP contribution in [0.3, 0.4) is 0 Å². The summed E-state index contributed by atoms with van der Waals surface area (Å²) in [7, 11) is 0. The van der Waals surface area contributed by atoms with Crippen molar-refractivity contribution < 1.29 is 4.79 Å². The van der Waals surface area contributed by atoms with Gasteiger partial charge in [0.15, 0.2) is 11.3 Å². The van der Waals surface area contributed by atoms with E-state index in [1.54, 1.807) is 11.1 Å². The van der Waals surface area contributed by atoms with Crippen molar-refractivity contribution in [1.29, 1.82) is 5.26 Å². The number of H-pyrrole nitrogens is 1. The quantitative estimate of drug-likeness (QED) is 0.706. The van der Waals surface area contributed by atoms with Crippen LogP contribution in [-0.2, 0) is 4.79 Å². The van der Waals surface area contributed by atoms with Crippen LogP contribution < -0.4 is 5.32 Å². The van der Waals surface area contributed by atoms with Crippen molar-refractivity contribution in [2.75, 3.05) is 18.4 Å². The number of aryl methyl sites for hydroxylation is 1. The number of aromatic nitrogens is 3. The number of anilines is 1. The Morgan fingerprint density at radius 2 is 2.40 bits per heavy atom. The van der Waals surface area contributed by atoms with E-state index in [9.17, 15) is 4.79 Å². The molecule has 1 amide bonds. The number of fused-ring (bicyclic) bond motifs is 1. The number of carbonyl (C=O) groups excluding carboxylic acids is 1. The summed E-state index contributed by atoms with van der Waals surface area (Å²) in [5.74, 6) is -0.225. The van der Waals surface area contributed by atoms with Gasteiger partial charge in [0, 0.05) is 24.7 Å². The van der Waals surface area contributed by atoms with Crippen LogP contribution in [-0.4, -0.2) is 39.1 Å². The van der Waals surface area contributed by atoms with Gasteiger partial charge in [0.1, 0.15) is 0 Å². The van der Waals surface area contributed by atoms with Gasteiger partial charge in [-0.1, -0.05) is 17.4 Å². The molecule has 7 nitrogen and oxygen atoms in total. The lowest BCUT2D eigenvalue weighted by Gasteiger charge is -2.08. The highest BCUT2D eigenvalue weighted by atomic mass is 32.1. The van der Waals surface area contributed by atoms with Crippen molar-refractivity contribution in [3.05, 3.63) is 30.1 Å². The number of aromatic amines is 1. The molecule has 1 saturated heterocycles. The first kappa shape index (κ1) is 15.6. The summed E-state index contributed by atoms with van der Waals surface area (Å²) in [6.07, 6.45) is 4.56. The van der Waals surface area contributed by atoms with E-state index in [1.807, 2.05) is 19.1 Å². The molecule has 1 fully saturated rings. The lowest BCUT2D eigenvalue weighted by molar-refractivity contribution is -0.119. The predicted octanol–water partition coefficient (Wildman–Crippen LogP) is 2.74. The number of likely N-dealkylation sites (tertiary alicyclic amines) is 1. The number of nitrogens with zero attached hydrogens (tertiary/aromatic N) is 4. The second-order valence-electron chi connectivity index (χ2n) is 6.12. The van der Waals surface area contributed by atoms with E-state index in [1.165, 1.54) is 11.3 Å². The number of hydrogen-bond acceptors (Lipinski definition) is 6. The minimum atomic E-state index is -0.156. The molecule has 0 radical (unpaired) electrons. The summed E-state index contributed by atoms with van der Waals surface area (Å²) >= 11 is 1.44. The maximum atomic E-state index is 12.3. The molecule has 1 aliphatic rings. The van der Waals surface area contributed by atoms with Crippen molar-refractivity contribution in [1.82, 2.24) is 20.1 Å². The second kappa shape index (κ2) is 6.18. The van der Waals surface area contributed by atoms with Gasteiger partial charge in [0.25, 0.3) is 0 Å².